The summed E-state index contributed by atoms with van der Waals surface area (Å²) in [4.78, 5) is 29.8. The van der Waals surface area contributed by atoms with E-state index in [1.165, 1.54) is 39.8 Å². The van der Waals surface area contributed by atoms with Crippen LogP contribution in [0.1, 0.15) is 5.56 Å². The first-order valence-electron chi connectivity index (χ1n) is 8.31. The van der Waals surface area contributed by atoms with Crippen molar-refractivity contribution >= 4 is 39.2 Å². The molecule has 5 nitrogen and oxygen atoms in total. The molecule has 0 spiro atoms. The number of amides is 1. The van der Waals surface area contributed by atoms with Crippen molar-refractivity contribution in [3.8, 4) is 0 Å². The van der Waals surface area contributed by atoms with Gasteiger partial charge in [0, 0.05) is 13.1 Å². The van der Waals surface area contributed by atoms with Crippen molar-refractivity contribution in [2.45, 2.75) is 18.1 Å². The van der Waals surface area contributed by atoms with Gasteiger partial charge in [0.25, 0.3) is 5.56 Å². The van der Waals surface area contributed by atoms with Crippen molar-refractivity contribution in [2.75, 3.05) is 12.3 Å². The molecule has 0 aliphatic heterocycles. The van der Waals surface area contributed by atoms with E-state index in [1.807, 2.05) is 5.38 Å². The second-order valence-corrected chi connectivity index (χ2v) is 7.59. The average Bonchev–Trinajstić information content (AvgIpc) is 3.13. The summed E-state index contributed by atoms with van der Waals surface area (Å²) in [5, 5.41) is 5.74. The van der Waals surface area contributed by atoms with Gasteiger partial charge in [0.1, 0.15) is 10.6 Å². The topological polar surface area (TPSA) is 64.0 Å². The Morgan fingerprint density at radius 1 is 1.33 bits per heavy atom. The normalized spacial score (nSPS) is 10.9. The monoisotopic (exact) mass is 403 g/mol. The fourth-order valence-electron chi connectivity index (χ4n) is 2.51. The molecule has 27 heavy (non-hydrogen) atoms. The molecule has 8 heteroatoms. The molecular formula is C19H18FN3O2S2. The van der Waals surface area contributed by atoms with Gasteiger partial charge in [-0.1, -0.05) is 30.0 Å². The summed E-state index contributed by atoms with van der Waals surface area (Å²) in [6.07, 6.45) is 2.26. The lowest BCUT2D eigenvalue weighted by molar-refractivity contribution is -0.118. The fraction of sp³-hybridized carbons (Fsp3) is 0.211. The van der Waals surface area contributed by atoms with Crippen molar-refractivity contribution in [2.24, 2.45) is 0 Å². The number of hydrogen-bond donors (Lipinski definition) is 1. The molecule has 1 N–H and O–H groups in total. The van der Waals surface area contributed by atoms with Gasteiger partial charge < -0.3 is 5.32 Å². The van der Waals surface area contributed by atoms with E-state index >= 15 is 0 Å². The number of carbonyl (C=O) groups excluding carboxylic acids is 1. The Morgan fingerprint density at radius 2 is 2.11 bits per heavy atom. The molecule has 0 fully saturated rings. The van der Waals surface area contributed by atoms with Gasteiger partial charge in [-0.15, -0.1) is 17.9 Å². The van der Waals surface area contributed by atoms with Crippen LogP contribution in [-0.2, 0) is 17.8 Å². The third kappa shape index (κ3) is 4.84. The van der Waals surface area contributed by atoms with Gasteiger partial charge >= 0.3 is 0 Å². The van der Waals surface area contributed by atoms with E-state index in [0.717, 1.165) is 5.56 Å². The molecule has 0 unspecified atom stereocenters. The summed E-state index contributed by atoms with van der Waals surface area (Å²) in [6.45, 7) is 4.48. The molecule has 0 radical (unpaired) electrons. The molecule has 0 saturated heterocycles. The average molecular weight is 404 g/mol. The first kappa shape index (κ1) is 19.3. The van der Waals surface area contributed by atoms with Gasteiger partial charge in [-0.3, -0.25) is 14.2 Å². The number of fused-ring (bicyclic) bond motifs is 1. The largest absolute Gasteiger partial charge is 0.355 e. The van der Waals surface area contributed by atoms with Crippen LogP contribution in [0.2, 0.25) is 0 Å². The Hall–Kier alpha value is -2.45. The summed E-state index contributed by atoms with van der Waals surface area (Å²) in [5.74, 6) is -0.267. The van der Waals surface area contributed by atoms with E-state index in [4.69, 9.17) is 0 Å². The first-order valence-corrected chi connectivity index (χ1v) is 10.2. The van der Waals surface area contributed by atoms with Gasteiger partial charge in [-0.2, -0.15) is 0 Å². The lowest BCUT2D eigenvalue weighted by Crippen LogP contribution is -2.28. The van der Waals surface area contributed by atoms with Crippen LogP contribution in [0.25, 0.3) is 10.2 Å². The van der Waals surface area contributed by atoms with Crippen molar-refractivity contribution in [3.05, 3.63) is 70.1 Å². The number of allylic oxidation sites excluding steroid dienone is 1. The molecule has 3 rings (SSSR count). The lowest BCUT2D eigenvalue weighted by atomic mass is 10.1. The number of thiophene rings is 1. The summed E-state index contributed by atoms with van der Waals surface area (Å²) in [6, 6.07) is 7.96. The van der Waals surface area contributed by atoms with Crippen LogP contribution in [0.15, 0.2) is 58.3 Å². The standard InChI is InChI=1S/C19H18FN3O2S2/c1-2-10-23-18(25)15-8-11-26-17(15)22-19(23)27-12-16(24)21-9-7-13-3-5-14(20)6-4-13/h2-6,8,11H,1,7,9-10,12H2,(H,21,24). The molecule has 2 heterocycles. The molecule has 140 valence electrons. The fourth-order valence-corrected chi connectivity index (χ4v) is 4.15. The highest BCUT2D eigenvalue weighted by Crippen LogP contribution is 2.21. The quantitative estimate of drug-likeness (QED) is 0.356. The minimum Gasteiger partial charge on any atom is -0.355 e. The van der Waals surface area contributed by atoms with Gasteiger partial charge in [0.2, 0.25) is 5.91 Å². The van der Waals surface area contributed by atoms with Gasteiger partial charge in [0.15, 0.2) is 5.16 Å². The van der Waals surface area contributed by atoms with Crippen molar-refractivity contribution < 1.29 is 9.18 Å². The van der Waals surface area contributed by atoms with Gasteiger partial charge in [-0.25, -0.2) is 9.37 Å². The van der Waals surface area contributed by atoms with Crippen LogP contribution < -0.4 is 10.9 Å². The predicted octanol–water partition coefficient (Wildman–Crippen LogP) is 3.23. The van der Waals surface area contributed by atoms with E-state index in [0.29, 0.717) is 34.9 Å². The number of carbonyl (C=O) groups is 1. The zero-order chi connectivity index (χ0) is 19.2. The predicted molar refractivity (Wildman–Crippen MR) is 108 cm³/mol. The first-order chi connectivity index (χ1) is 13.1. The van der Waals surface area contributed by atoms with E-state index in [9.17, 15) is 14.0 Å². The highest BCUT2D eigenvalue weighted by molar-refractivity contribution is 7.99. The van der Waals surface area contributed by atoms with Crippen molar-refractivity contribution in [1.29, 1.82) is 0 Å². The number of rotatable bonds is 8. The molecule has 0 atom stereocenters. The smallest absolute Gasteiger partial charge is 0.263 e. The number of nitrogens with one attached hydrogen (secondary N) is 1. The highest BCUT2D eigenvalue weighted by atomic mass is 32.2. The van der Waals surface area contributed by atoms with E-state index in [2.05, 4.69) is 16.9 Å². The maximum Gasteiger partial charge on any atom is 0.263 e. The van der Waals surface area contributed by atoms with Crippen LogP contribution in [0.5, 0.6) is 0 Å². The van der Waals surface area contributed by atoms with Crippen LogP contribution in [0.4, 0.5) is 4.39 Å². The van der Waals surface area contributed by atoms with E-state index < -0.39 is 0 Å². The molecule has 1 aromatic carbocycles. The molecule has 0 bridgehead atoms. The summed E-state index contributed by atoms with van der Waals surface area (Å²) >= 11 is 2.62. The summed E-state index contributed by atoms with van der Waals surface area (Å²) in [7, 11) is 0. The number of nitrogens with zero attached hydrogens (tertiary/aromatic N) is 2. The maximum atomic E-state index is 12.9. The van der Waals surface area contributed by atoms with Crippen LogP contribution in [0.3, 0.4) is 0 Å². The van der Waals surface area contributed by atoms with Crippen LogP contribution in [-0.4, -0.2) is 27.8 Å². The molecule has 1 amide bonds. The maximum absolute atomic E-state index is 12.9. The Kier molecular flexibility index (Phi) is 6.41. The second-order valence-electron chi connectivity index (χ2n) is 5.75. The van der Waals surface area contributed by atoms with Gasteiger partial charge in [-0.05, 0) is 35.6 Å². The Balaban J connectivity index is 1.59. The molecule has 0 aliphatic rings. The second kappa shape index (κ2) is 8.96. The van der Waals surface area contributed by atoms with Crippen LogP contribution in [0, 0.1) is 5.82 Å². The van der Waals surface area contributed by atoms with Crippen molar-refractivity contribution in [3.63, 3.8) is 0 Å². The Labute approximate surface area is 163 Å². The molecule has 0 saturated carbocycles. The number of halogens is 1. The molecular weight excluding hydrogens is 385 g/mol. The number of aromatic nitrogens is 2. The van der Waals surface area contributed by atoms with Gasteiger partial charge in [0.05, 0.1) is 11.1 Å². The minimum absolute atomic E-state index is 0.125. The molecule has 2 aromatic heterocycles. The van der Waals surface area contributed by atoms with E-state index in [-0.39, 0.29) is 23.0 Å². The SMILES string of the molecule is C=CCn1c(SCC(=O)NCCc2ccc(F)cc2)nc2sccc2c1=O. The number of benzene rings is 1. The molecule has 0 aliphatic carbocycles. The lowest BCUT2D eigenvalue weighted by Gasteiger charge is -2.10. The van der Waals surface area contributed by atoms with Crippen molar-refractivity contribution in [1.82, 2.24) is 14.9 Å². The Morgan fingerprint density at radius 3 is 2.85 bits per heavy atom. The number of thioether (sulfide) groups is 1. The third-order valence-electron chi connectivity index (χ3n) is 3.84. The summed E-state index contributed by atoms with van der Waals surface area (Å²) < 4.78 is 14.4. The zero-order valence-corrected chi connectivity index (χ0v) is 16.1. The van der Waals surface area contributed by atoms with Crippen LogP contribution >= 0.6 is 23.1 Å². The van der Waals surface area contributed by atoms with E-state index in [1.54, 1.807) is 24.3 Å². The third-order valence-corrected chi connectivity index (χ3v) is 5.62. The summed E-state index contributed by atoms with van der Waals surface area (Å²) in [5.41, 5.74) is 0.828. The number of hydrogen-bond acceptors (Lipinski definition) is 5. The molecule has 3 aromatic rings. The Bertz CT molecular complexity index is 1010. The minimum atomic E-state index is -0.278. The highest BCUT2D eigenvalue weighted by Gasteiger charge is 2.13. The zero-order valence-electron chi connectivity index (χ0n) is 14.5.